The highest BCUT2D eigenvalue weighted by Gasteiger charge is 2.33. The first-order valence-electron chi connectivity index (χ1n) is 6.28. The Morgan fingerprint density at radius 1 is 1.59 bits per heavy atom. The van der Waals surface area contributed by atoms with Gasteiger partial charge in [-0.15, -0.1) is 0 Å². The van der Waals surface area contributed by atoms with Crippen molar-refractivity contribution < 1.29 is 4.79 Å². The van der Waals surface area contributed by atoms with Crippen molar-refractivity contribution in [1.82, 2.24) is 15.5 Å². The van der Waals surface area contributed by atoms with E-state index in [4.69, 9.17) is 5.73 Å². The number of hydrogen-bond donors (Lipinski definition) is 3. The van der Waals surface area contributed by atoms with Gasteiger partial charge in [-0.2, -0.15) is 5.10 Å². The third kappa shape index (κ3) is 2.01. The van der Waals surface area contributed by atoms with Crippen LogP contribution >= 0.6 is 0 Å². The normalized spacial score (nSPS) is 26.9. The Kier molecular flexibility index (Phi) is 2.34. The lowest BCUT2D eigenvalue weighted by atomic mass is 10.2. The number of carbonyl (C=O) groups excluding carboxylic acids is 1. The van der Waals surface area contributed by atoms with E-state index in [0.717, 1.165) is 31.0 Å². The number of aromatic nitrogens is 2. The molecule has 5 heteroatoms. The predicted octanol–water partition coefficient (Wildman–Crippen LogP) is 1.26. The fourth-order valence-electron chi connectivity index (χ4n) is 2.21. The van der Waals surface area contributed by atoms with Crippen molar-refractivity contribution in [3.63, 3.8) is 0 Å². The third-order valence-corrected chi connectivity index (χ3v) is 3.84. The lowest BCUT2D eigenvalue weighted by Crippen LogP contribution is -2.27. The van der Waals surface area contributed by atoms with Crippen molar-refractivity contribution in [3.05, 3.63) is 11.4 Å². The lowest BCUT2D eigenvalue weighted by molar-refractivity contribution is 0.0947. The van der Waals surface area contributed by atoms with Crippen LogP contribution in [0.25, 0.3) is 0 Å². The largest absolute Gasteiger partial charge is 0.395 e. The zero-order chi connectivity index (χ0) is 12.0. The predicted molar refractivity (Wildman–Crippen MR) is 64.6 cm³/mol. The van der Waals surface area contributed by atoms with E-state index in [1.54, 1.807) is 0 Å². The first-order valence-corrected chi connectivity index (χ1v) is 6.28. The molecule has 2 atom stereocenters. The van der Waals surface area contributed by atoms with Crippen LogP contribution in [0.2, 0.25) is 0 Å². The minimum Gasteiger partial charge on any atom is -0.395 e. The monoisotopic (exact) mass is 234 g/mol. The Labute approximate surface area is 100 Å². The van der Waals surface area contributed by atoms with E-state index < -0.39 is 0 Å². The maximum atomic E-state index is 11.9. The Hall–Kier alpha value is -1.52. The summed E-state index contributed by atoms with van der Waals surface area (Å²) in [5.74, 6) is 1.73. The maximum Gasteiger partial charge on any atom is 0.273 e. The minimum atomic E-state index is -0.148. The van der Waals surface area contributed by atoms with Gasteiger partial charge in [0.15, 0.2) is 5.69 Å². The van der Waals surface area contributed by atoms with Crippen molar-refractivity contribution in [1.29, 1.82) is 0 Å². The molecule has 0 spiro atoms. The quantitative estimate of drug-likeness (QED) is 0.733. The second kappa shape index (κ2) is 3.75. The standard InChI is InChI=1S/C12H18N4O/c1-6-4-8(6)5-14-12(17)11-9(13)10(15-16-11)7-2-3-7/h6-8H,2-5,13H2,1H3,(H,14,17)(H,15,16). The first kappa shape index (κ1) is 10.6. The van der Waals surface area contributed by atoms with Crippen LogP contribution in [-0.4, -0.2) is 22.6 Å². The van der Waals surface area contributed by atoms with Crippen LogP contribution in [0.15, 0.2) is 0 Å². The van der Waals surface area contributed by atoms with Crippen molar-refractivity contribution in [3.8, 4) is 0 Å². The van der Waals surface area contributed by atoms with Crippen molar-refractivity contribution >= 4 is 11.6 Å². The van der Waals surface area contributed by atoms with E-state index in [1.165, 1.54) is 6.42 Å². The SMILES string of the molecule is CC1CC1CNC(=O)c1n[nH]c(C2CC2)c1N. The molecule has 2 aliphatic carbocycles. The molecule has 0 saturated heterocycles. The van der Waals surface area contributed by atoms with Crippen LogP contribution in [0.1, 0.15) is 48.3 Å². The van der Waals surface area contributed by atoms with E-state index in [0.29, 0.717) is 23.2 Å². The average molecular weight is 234 g/mol. The minimum absolute atomic E-state index is 0.148. The van der Waals surface area contributed by atoms with Crippen molar-refractivity contribution in [2.75, 3.05) is 12.3 Å². The summed E-state index contributed by atoms with van der Waals surface area (Å²) in [6.07, 6.45) is 3.50. The van der Waals surface area contributed by atoms with E-state index in [9.17, 15) is 4.79 Å². The highest BCUT2D eigenvalue weighted by Crippen LogP contribution is 2.42. The molecule has 2 unspecified atom stereocenters. The van der Waals surface area contributed by atoms with Crippen LogP contribution in [0, 0.1) is 11.8 Å². The Balaban J connectivity index is 1.64. The number of carbonyl (C=O) groups is 1. The molecule has 17 heavy (non-hydrogen) atoms. The summed E-state index contributed by atoms with van der Waals surface area (Å²) in [7, 11) is 0. The second-order valence-electron chi connectivity index (χ2n) is 5.36. The molecule has 2 saturated carbocycles. The molecular weight excluding hydrogens is 216 g/mol. The first-order chi connectivity index (χ1) is 8.16. The summed E-state index contributed by atoms with van der Waals surface area (Å²) in [6.45, 7) is 2.94. The van der Waals surface area contributed by atoms with Gasteiger partial charge in [-0.25, -0.2) is 0 Å². The number of hydrogen-bond acceptors (Lipinski definition) is 3. The van der Waals surface area contributed by atoms with E-state index in [2.05, 4.69) is 22.4 Å². The van der Waals surface area contributed by atoms with Gasteiger partial charge in [0.1, 0.15) is 0 Å². The molecule has 1 aromatic heterocycles. The number of anilines is 1. The molecule has 3 rings (SSSR count). The summed E-state index contributed by atoms with van der Waals surface area (Å²) in [5, 5.41) is 9.83. The second-order valence-corrected chi connectivity index (χ2v) is 5.36. The number of nitrogens with two attached hydrogens (primary N) is 1. The molecule has 0 aliphatic heterocycles. The van der Waals surface area contributed by atoms with Crippen LogP contribution in [0.3, 0.4) is 0 Å². The van der Waals surface area contributed by atoms with Gasteiger partial charge in [-0.05, 0) is 31.1 Å². The van der Waals surface area contributed by atoms with Gasteiger partial charge >= 0.3 is 0 Å². The molecule has 92 valence electrons. The smallest absolute Gasteiger partial charge is 0.273 e. The topological polar surface area (TPSA) is 83.8 Å². The molecule has 2 fully saturated rings. The molecular formula is C12H18N4O. The zero-order valence-electron chi connectivity index (χ0n) is 9.99. The van der Waals surface area contributed by atoms with E-state index in [-0.39, 0.29) is 5.91 Å². The van der Waals surface area contributed by atoms with Crippen LogP contribution < -0.4 is 11.1 Å². The Morgan fingerprint density at radius 3 is 2.88 bits per heavy atom. The third-order valence-electron chi connectivity index (χ3n) is 3.84. The fraction of sp³-hybridized carbons (Fsp3) is 0.667. The molecule has 1 amide bonds. The summed E-state index contributed by atoms with van der Waals surface area (Å²) in [5.41, 5.74) is 7.78. The summed E-state index contributed by atoms with van der Waals surface area (Å²) < 4.78 is 0. The maximum absolute atomic E-state index is 11.9. The number of aromatic amines is 1. The molecule has 5 nitrogen and oxygen atoms in total. The lowest BCUT2D eigenvalue weighted by Gasteiger charge is -2.02. The number of nitrogen functional groups attached to an aromatic ring is 1. The van der Waals surface area contributed by atoms with Gasteiger partial charge in [0.2, 0.25) is 0 Å². The van der Waals surface area contributed by atoms with Crippen molar-refractivity contribution in [2.45, 2.75) is 32.1 Å². The molecule has 2 aliphatic rings. The Morgan fingerprint density at radius 2 is 2.29 bits per heavy atom. The van der Waals surface area contributed by atoms with E-state index in [1.807, 2.05) is 0 Å². The van der Waals surface area contributed by atoms with E-state index >= 15 is 0 Å². The molecule has 1 heterocycles. The van der Waals surface area contributed by atoms with Gasteiger partial charge in [0.05, 0.1) is 11.4 Å². The van der Waals surface area contributed by atoms with Crippen LogP contribution in [0.4, 0.5) is 5.69 Å². The van der Waals surface area contributed by atoms with Crippen LogP contribution in [0.5, 0.6) is 0 Å². The number of nitrogens with zero attached hydrogens (tertiary/aromatic N) is 1. The summed E-state index contributed by atoms with van der Waals surface area (Å²) in [4.78, 5) is 11.9. The van der Waals surface area contributed by atoms with Crippen molar-refractivity contribution in [2.24, 2.45) is 11.8 Å². The summed E-state index contributed by atoms with van der Waals surface area (Å²) >= 11 is 0. The molecule has 1 aromatic rings. The average Bonchev–Trinajstić information content (AvgIpc) is 3.20. The highest BCUT2D eigenvalue weighted by molar-refractivity contribution is 5.97. The van der Waals surface area contributed by atoms with Gasteiger partial charge in [0, 0.05) is 12.5 Å². The number of H-pyrrole nitrogens is 1. The molecule has 0 radical (unpaired) electrons. The number of amides is 1. The molecule has 0 aromatic carbocycles. The molecule has 4 N–H and O–H groups in total. The van der Waals surface area contributed by atoms with Gasteiger partial charge in [-0.3, -0.25) is 9.89 Å². The molecule has 0 bridgehead atoms. The Bertz CT molecular complexity index is 449. The number of rotatable bonds is 4. The highest BCUT2D eigenvalue weighted by atomic mass is 16.1. The zero-order valence-corrected chi connectivity index (χ0v) is 9.99. The number of nitrogens with one attached hydrogen (secondary N) is 2. The van der Waals surface area contributed by atoms with Gasteiger partial charge in [-0.1, -0.05) is 6.92 Å². The fourth-order valence-corrected chi connectivity index (χ4v) is 2.21. The van der Waals surface area contributed by atoms with Gasteiger partial charge in [0.25, 0.3) is 5.91 Å². The van der Waals surface area contributed by atoms with Crippen LogP contribution in [-0.2, 0) is 0 Å². The summed E-state index contributed by atoms with van der Waals surface area (Å²) in [6, 6.07) is 0. The van der Waals surface area contributed by atoms with Gasteiger partial charge < -0.3 is 11.1 Å².